The highest BCUT2D eigenvalue weighted by atomic mass is 16.6. The first kappa shape index (κ1) is 32.6. The van der Waals surface area contributed by atoms with Crippen LogP contribution in [0.3, 0.4) is 0 Å². The van der Waals surface area contributed by atoms with Crippen LogP contribution in [-0.2, 0) is 9.59 Å². The Balaban J connectivity index is 1.21. The van der Waals surface area contributed by atoms with Crippen LogP contribution in [0.15, 0.2) is 107 Å². The molecule has 2 N–H and O–H groups in total. The van der Waals surface area contributed by atoms with E-state index < -0.39 is 23.8 Å². The Hall–Kier alpha value is -6.30. The highest BCUT2D eigenvalue weighted by molar-refractivity contribution is 5.92. The molecular formula is C34H30N4O8. The van der Waals surface area contributed by atoms with Gasteiger partial charge >= 0.3 is 11.9 Å². The molecule has 0 bridgehead atoms. The van der Waals surface area contributed by atoms with E-state index in [9.17, 15) is 19.2 Å². The van der Waals surface area contributed by atoms with Gasteiger partial charge in [-0.15, -0.1) is 0 Å². The Labute approximate surface area is 264 Å². The van der Waals surface area contributed by atoms with E-state index in [1.807, 2.05) is 0 Å². The van der Waals surface area contributed by atoms with E-state index in [-0.39, 0.29) is 24.3 Å². The highest BCUT2D eigenvalue weighted by Gasteiger charge is 2.14. The number of hydrogen-bond donors (Lipinski definition) is 2. The molecule has 0 radical (unpaired) electrons. The van der Waals surface area contributed by atoms with Crippen LogP contribution in [0, 0.1) is 0 Å². The number of methoxy groups -OCH3 is 2. The van der Waals surface area contributed by atoms with Crippen molar-refractivity contribution in [1.29, 1.82) is 0 Å². The molecule has 12 nitrogen and oxygen atoms in total. The van der Waals surface area contributed by atoms with Gasteiger partial charge in [0.15, 0.2) is 23.0 Å². The number of hydrogen-bond acceptors (Lipinski definition) is 10. The average Bonchev–Trinajstić information content (AvgIpc) is 3.09. The molecule has 0 aliphatic heterocycles. The first-order chi connectivity index (χ1) is 22.4. The second-order valence-corrected chi connectivity index (χ2v) is 9.42. The fourth-order valence-electron chi connectivity index (χ4n) is 3.86. The maximum absolute atomic E-state index is 12.3. The van der Waals surface area contributed by atoms with Crippen molar-refractivity contribution in [3.8, 4) is 23.0 Å². The number of nitrogens with one attached hydrogen (secondary N) is 2. The van der Waals surface area contributed by atoms with Crippen LogP contribution in [-0.4, -0.2) is 50.4 Å². The SMILES string of the molecule is COc1cc(C=NNC(=O)CCC(=O)NN=Cc2ccc(OC(=O)c3ccccc3)c(OC)c2)ccc1OC(=O)c1ccccc1. The van der Waals surface area contributed by atoms with Crippen LogP contribution >= 0.6 is 0 Å². The van der Waals surface area contributed by atoms with Gasteiger partial charge in [0.25, 0.3) is 0 Å². The Bertz CT molecular complexity index is 1610. The third-order valence-corrected chi connectivity index (χ3v) is 6.18. The number of rotatable bonds is 13. The number of carbonyl (C=O) groups is 4. The van der Waals surface area contributed by atoms with Gasteiger partial charge < -0.3 is 18.9 Å². The molecule has 4 aromatic rings. The van der Waals surface area contributed by atoms with Gasteiger partial charge in [0.1, 0.15) is 0 Å². The molecule has 0 atom stereocenters. The van der Waals surface area contributed by atoms with Crippen molar-refractivity contribution in [1.82, 2.24) is 10.9 Å². The summed E-state index contributed by atoms with van der Waals surface area (Å²) in [4.78, 5) is 49.0. The number of nitrogens with zero attached hydrogens (tertiary/aromatic N) is 2. The van der Waals surface area contributed by atoms with Crippen LogP contribution in [0.2, 0.25) is 0 Å². The highest BCUT2D eigenvalue weighted by Crippen LogP contribution is 2.29. The lowest BCUT2D eigenvalue weighted by molar-refractivity contribution is -0.126. The third kappa shape index (κ3) is 9.61. The van der Waals surface area contributed by atoms with E-state index in [1.165, 1.54) is 26.6 Å². The molecule has 0 saturated carbocycles. The van der Waals surface area contributed by atoms with Crippen molar-refractivity contribution in [3.63, 3.8) is 0 Å². The van der Waals surface area contributed by atoms with Crippen LogP contribution in [0.25, 0.3) is 0 Å². The van der Waals surface area contributed by atoms with Gasteiger partial charge in [0.05, 0.1) is 37.8 Å². The monoisotopic (exact) mass is 622 g/mol. The zero-order valence-electron chi connectivity index (χ0n) is 25.0. The number of esters is 2. The first-order valence-electron chi connectivity index (χ1n) is 13.9. The van der Waals surface area contributed by atoms with Gasteiger partial charge in [-0.05, 0) is 71.8 Å². The lowest BCUT2D eigenvalue weighted by atomic mass is 10.2. The molecule has 12 heteroatoms. The Morgan fingerprint density at radius 2 is 0.957 bits per heavy atom. The molecule has 0 fully saturated rings. The summed E-state index contributed by atoms with van der Waals surface area (Å²) in [5, 5.41) is 7.80. The number of ether oxygens (including phenoxy) is 4. The van der Waals surface area contributed by atoms with Crippen LogP contribution in [0.4, 0.5) is 0 Å². The van der Waals surface area contributed by atoms with E-state index >= 15 is 0 Å². The van der Waals surface area contributed by atoms with Gasteiger partial charge in [-0.1, -0.05) is 36.4 Å². The minimum absolute atomic E-state index is 0.133. The average molecular weight is 623 g/mol. The molecule has 0 saturated heterocycles. The molecule has 234 valence electrons. The van der Waals surface area contributed by atoms with Crippen molar-refractivity contribution in [2.75, 3.05) is 14.2 Å². The lowest BCUT2D eigenvalue weighted by Gasteiger charge is -2.10. The number of amides is 2. The number of carbonyl (C=O) groups excluding carboxylic acids is 4. The van der Waals surface area contributed by atoms with Gasteiger partial charge in [0, 0.05) is 12.8 Å². The fraction of sp³-hybridized carbons (Fsp3) is 0.118. The Kier molecular flexibility index (Phi) is 11.7. The normalized spacial score (nSPS) is 10.7. The standard InChI is InChI=1S/C34H30N4O8/c1-43-29-19-23(13-15-27(29)45-33(41)25-9-5-3-6-10-25)21-35-37-31(39)17-18-32(40)38-36-22-24-14-16-28(30(20-24)44-2)46-34(42)26-11-7-4-8-12-26/h3-16,19-22H,17-18H2,1-2H3,(H,37,39)(H,38,40). The van der Waals surface area contributed by atoms with Crippen molar-refractivity contribution >= 4 is 36.2 Å². The summed E-state index contributed by atoms with van der Waals surface area (Å²) < 4.78 is 21.5. The number of benzene rings is 4. The molecule has 0 aliphatic rings. The summed E-state index contributed by atoms with van der Waals surface area (Å²) in [6, 6.07) is 26.7. The lowest BCUT2D eigenvalue weighted by Crippen LogP contribution is -2.22. The Morgan fingerprint density at radius 1 is 0.565 bits per heavy atom. The van der Waals surface area contributed by atoms with E-state index in [2.05, 4.69) is 21.1 Å². The molecule has 2 amide bonds. The smallest absolute Gasteiger partial charge is 0.343 e. The largest absolute Gasteiger partial charge is 0.493 e. The van der Waals surface area contributed by atoms with Crippen molar-refractivity contribution in [2.45, 2.75) is 12.8 Å². The van der Waals surface area contributed by atoms with Gasteiger partial charge in [-0.25, -0.2) is 20.4 Å². The molecule has 4 aromatic carbocycles. The van der Waals surface area contributed by atoms with Crippen LogP contribution in [0.5, 0.6) is 23.0 Å². The predicted octanol–water partition coefficient (Wildman–Crippen LogP) is 4.52. The van der Waals surface area contributed by atoms with Crippen molar-refractivity contribution < 1.29 is 38.1 Å². The molecule has 0 aliphatic carbocycles. The molecule has 0 spiro atoms. The minimum Gasteiger partial charge on any atom is -0.493 e. The maximum Gasteiger partial charge on any atom is 0.343 e. The summed E-state index contributed by atoms with van der Waals surface area (Å²) in [5.74, 6) is -0.962. The van der Waals surface area contributed by atoms with Crippen molar-refractivity contribution in [3.05, 3.63) is 119 Å². The second-order valence-electron chi connectivity index (χ2n) is 9.42. The maximum atomic E-state index is 12.3. The van der Waals surface area contributed by atoms with E-state index in [4.69, 9.17) is 18.9 Å². The Morgan fingerprint density at radius 3 is 1.33 bits per heavy atom. The summed E-state index contributed by atoms with van der Waals surface area (Å²) in [7, 11) is 2.87. The van der Waals surface area contributed by atoms with Crippen LogP contribution < -0.4 is 29.8 Å². The zero-order valence-corrected chi connectivity index (χ0v) is 25.0. The third-order valence-electron chi connectivity index (χ3n) is 6.18. The van der Waals surface area contributed by atoms with E-state index in [0.29, 0.717) is 33.8 Å². The van der Waals surface area contributed by atoms with Crippen molar-refractivity contribution in [2.24, 2.45) is 10.2 Å². The molecule has 4 rings (SSSR count). The molecule has 0 heterocycles. The van der Waals surface area contributed by atoms with Crippen LogP contribution in [0.1, 0.15) is 44.7 Å². The quantitative estimate of drug-likeness (QED) is 0.0955. The summed E-state index contributed by atoms with van der Waals surface area (Å²) in [5.41, 5.74) is 6.64. The number of hydrazone groups is 2. The molecule has 0 aromatic heterocycles. The second kappa shape index (κ2) is 16.5. The topological polar surface area (TPSA) is 154 Å². The van der Waals surface area contributed by atoms with Gasteiger partial charge in [0.2, 0.25) is 11.8 Å². The fourth-order valence-corrected chi connectivity index (χ4v) is 3.86. The summed E-state index contributed by atoms with van der Waals surface area (Å²) in [6.07, 6.45) is 2.50. The van der Waals surface area contributed by atoms with Gasteiger partial charge in [-0.3, -0.25) is 9.59 Å². The van der Waals surface area contributed by atoms with Gasteiger partial charge in [-0.2, -0.15) is 10.2 Å². The molecular weight excluding hydrogens is 592 g/mol. The van der Waals surface area contributed by atoms with E-state index in [1.54, 1.807) is 97.1 Å². The van der Waals surface area contributed by atoms with E-state index in [0.717, 1.165) is 0 Å². The molecule has 46 heavy (non-hydrogen) atoms. The molecule has 0 unspecified atom stereocenters. The zero-order chi connectivity index (χ0) is 32.7. The summed E-state index contributed by atoms with van der Waals surface area (Å²) in [6.45, 7) is 0. The predicted molar refractivity (Wildman–Crippen MR) is 169 cm³/mol. The minimum atomic E-state index is -0.528. The first-order valence-corrected chi connectivity index (χ1v) is 13.9. The summed E-state index contributed by atoms with van der Waals surface area (Å²) >= 11 is 0.